The van der Waals surface area contributed by atoms with Crippen molar-refractivity contribution in [2.24, 2.45) is 46.8 Å². The minimum absolute atomic E-state index is 0.315. The van der Waals surface area contributed by atoms with Crippen LogP contribution in [-0.4, -0.2) is 17.4 Å². The zero-order valence-electron chi connectivity index (χ0n) is 15.6. The molecule has 9 atom stereocenters. The van der Waals surface area contributed by atoms with Crippen molar-refractivity contribution in [3.63, 3.8) is 0 Å². The van der Waals surface area contributed by atoms with Gasteiger partial charge in [-0.05, 0) is 98.2 Å². The Morgan fingerprint density at radius 2 is 1.64 bits per heavy atom. The van der Waals surface area contributed by atoms with Gasteiger partial charge in [0.05, 0.1) is 0 Å². The van der Waals surface area contributed by atoms with Gasteiger partial charge in [0.15, 0.2) is 6.10 Å². The number of rotatable bonds is 1. The van der Waals surface area contributed by atoms with Crippen LogP contribution in [0.3, 0.4) is 0 Å². The molecule has 4 fully saturated rings. The fraction of sp³-hybridized carbons (Fsp3) is 1.00. The molecule has 0 aromatic carbocycles. The van der Waals surface area contributed by atoms with Crippen LogP contribution in [0, 0.1) is 46.8 Å². The van der Waals surface area contributed by atoms with E-state index >= 15 is 0 Å². The van der Waals surface area contributed by atoms with Crippen molar-refractivity contribution in [3.05, 3.63) is 0 Å². The second-order valence-corrected chi connectivity index (χ2v) is 10.1. The number of aliphatic hydroxyl groups excluding tert-OH is 1. The minimum atomic E-state index is -4.48. The van der Waals surface area contributed by atoms with E-state index in [4.69, 9.17) is 0 Å². The molecular formula is C21H33F3O. The van der Waals surface area contributed by atoms with Crippen molar-refractivity contribution >= 4 is 0 Å². The van der Waals surface area contributed by atoms with Crippen molar-refractivity contribution in [1.82, 2.24) is 0 Å². The van der Waals surface area contributed by atoms with Crippen LogP contribution in [0.4, 0.5) is 13.2 Å². The van der Waals surface area contributed by atoms with Gasteiger partial charge in [-0.25, -0.2) is 0 Å². The summed E-state index contributed by atoms with van der Waals surface area (Å²) in [6.45, 7) is 4.44. The first-order valence-corrected chi connectivity index (χ1v) is 10.5. The van der Waals surface area contributed by atoms with Gasteiger partial charge in [-0.3, -0.25) is 0 Å². The highest BCUT2D eigenvalue weighted by atomic mass is 19.4. The van der Waals surface area contributed by atoms with Crippen molar-refractivity contribution in [1.29, 1.82) is 0 Å². The van der Waals surface area contributed by atoms with Gasteiger partial charge < -0.3 is 5.11 Å². The Kier molecular flexibility index (Phi) is 4.45. The summed E-state index contributed by atoms with van der Waals surface area (Å²) in [5.41, 5.74) is -0.315. The highest BCUT2D eigenvalue weighted by molar-refractivity contribution is 5.07. The average Bonchev–Trinajstić information content (AvgIpc) is 2.89. The summed E-state index contributed by atoms with van der Waals surface area (Å²) in [7, 11) is 0. The highest BCUT2D eigenvalue weighted by Crippen LogP contribution is 2.65. The molecule has 0 aromatic rings. The van der Waals surface area contributed by atoms with Gasteiger partial charge in [0.2, 0.25) is 0 Å². The molecule has 0 radical (unpaired) electrons. The second kappa shape index (κ2) is 6.14. The van der Waals surface area contributed by atoms with Gasteiger partial charge in [-0.15, -0.1) is 0 Å². The SMILES string of the molecule is CC1CCC2C(CCC3C2CCC2(C)C3CCC2C(O)C(F)(F)F)C1. The van der Waals surface area contributed by atoms with Gasteiger partial charge >= 0.3 is 6.18 Å². The molecule has 1 N–H and O–H groups in total. The van der Waals surface area contributed by atoms with E-state index in [1.807, 2.05) is 0 Å². The van der Waals surface area contributed by atoms with Gasteiger partial charge in [-0.1, -0.05) is 20.3 Å². The molecule has 0 spiro atoms. The summed E-state index contributed by atoms with van der Waals surface area (Å²) >= 11 is 0. The third kappa shape index (κ3) is 2.85. The molecule has 0 heterocycles. The third-order valence-electron chi connectivity index (χ3n) is 9.01. The first kappa shape index (κ1) is 18.1. The maximum atomic E-state index is 13.2. The topological polar surface area (TPSA) is 20.2 Å². The molecule has 9 unspecified atom stereocenters. The third-order valence-corrected chi connectivity index (χ3v) is 9.01. The van der Waals surface area contributed by atoms with Crippen molar-refractivity contribution in [3.8, 4) is 0 Å². The Morgan fingerprint density at radius 3 is 2.36 bits per heavy atom. The van der Waals surface area contributed by atoms with Crippen LogP contribution in [0.25, 0.3) is 0 Å². The smallest absolute Gasteiger partial charge is 0.383 e. The Labute approximate surface area is 149 Å². The highest BCUT2D eigenvalue weighted by Gasteiger charge is 2.61. The number of fused-ring (bicyclic) bond motifs is 5. The Balaban J connectivity index is 1.54. The van der Waals surface area contributed by atoms with E-state index in [0.717, 1.165) is 42.9 Å². The van der Waals surface area contributed by atoms with Gasteiger partial charge in [-0.2, -0.15) is 13.2 Å². The van der Waals surface area contributed by atoms with Crippen LogP contribution in [0.15, 0.2) is 0 Å². The largest absolute Gasteiger partial charge is 0.414 e. The average molecular weight is 358 g/mol. The van der Waals surface area contributed by atoms with E-state index in [1.165, 1.54) is 32.1 Å². The van der Waals surface area contributed by atoms with Gasteiger partial charge in [0.25, 0.3) is 0 Å². The maximum absolute atomic E-state index is 13.2. The minimum Gasteiger partial charge on any atom is -0.383 e. The van der Waals surface area contributed by atoms with Gasteiger partial charge in [0.1, 0.15) is 0 Å². The van der Waals surface area contributed by atoms with E-state index in [2.05, 4.69) is 13.8 Å². The van der Waals surface area contributed by atoms with Crippen LogP contribution in [-0.2, 0) is 0 Å². The monoisotopic (exact) mass is 358 g/mol. The summed E-state index contributed by atoms with van der Waals surface area (Å²) < 4.78 is 39.5. The van der Waals surface area contributed by atoms with Gasteiger partial charge in [0, 0.05) is 0 Å². The molecule has 4 aliphatic rings. The summed E-state index contributed by atoms with van der Waals surface area (Å²) in [6.07, 6.45) is 3.35. The van der Waals surface area contributed by atoms with Crippen LogP contribution >= 0.6 is 0 Å². The van der Waals surface area contributed by atoms with Crippen molar-refractivity contribution in [2.45, 2.75) is 83.9 Å². The molecule has 144 valence electrons. The molecule has 4 rings (SSSR count). The van der Waals surface area contributed by atoms with Crippen LogP contribution < -0.4 is 0 Å². The first-order chi connectivity index (χ1) is 11.7. The standard InChI is InChI=1S/C21H33F3O/c1-12-3-5-14-13(11-12)4-6-16-15(14)9-10-20(2)17(16)7-8-18(20)19(25)21(22,23)24/h12-19,25H,3-11H2,1-2H3. The zero-order valence-corrected chi connectivity index (χ0v) is 15.6. The molecule has 0 aromatic heterocycles. The predicted octanol–water partition coefficient (Wildman–Crippen LogP) is 5.81. The second-order valence-electron chi connectivity index (χ2n) is 10.1. The Bertz CT molecular complexity index is 504. The van der Waals surface area contributed by atoms with E-state index in [0.29, 0.717) is 18.3 Å². The molecule has 0 saturated heterocycles. The Morgan fingerprint density at radius 1 is 0.920 bits per heavy atom. The molecule has 4 saturated carbocycles. The zero-order chi connectivity index (χ0) is 18.0. The van der Waals surface area contributed by atoms with E-state index < -0.39 is 18.2 Å². The van der Waals surface area contributed by atoms with E-state index in [1.54, 1.807) is 0 Å². The lowest BCUT2D eigenvalue weighted by atomic mass is 9.49. The van der Waals surface area contributed by atoms with Crippen LogP contribution in [0.5, 0.6) is 0 Å². The lowest BCUT2D eigenvalue weighted by Gasteiger charge is -2.56. The Hall–Kier alpha value is -0.250. The summed E-state index contributed by atoms with van der Waals surface area (Å²) in [4.78, 5) is 0. The maximum Gasteiger partial charge on any atom is 0.414 e. The predicted molar refractivity (Wildman–Crippen MR) is 91.8 cm³/mol. The molecule has 0 aliphatic heterocycles. The van der Waals surface area contributed by atoms with Crippen molar-refractivity contribution in [2.75, 3.05) is 0 Å². The summed E-state index contributed by atoms with van der Waals surface area (Å²) in [5, 5.41) is 9.98. The normalized spacial score (nSPS) is 51.4. The van der Waals surface area contributed by atoms with E-state index in [9.17, 15) is 18.3 Å². The summed E-state index contributed by atoms with van der Waals surface area (Å²) in [5.74, 6) is 3.70. The summed E-state index contributed by atoms with van der Waals surface area (Å²) in [6, 6.07) is 0. The fourth-order valence-electron chi connectivity index (χ4n) is 7.88. The molecular weight excluding hydrogens is 325 g/mol. The van der Waals surface area contributed by atoms with E-state index in [-0.39, 0.29) is 5.41 Å². The fourth-order valence-corrected chi connectivity index (χ4v) is 7.88. The first-order valence-electron chi connectivity index (χ1n) is 10.5. The number of hydrogen-bond donors (Lipinski definition) is 1. The number of aliphatic hydroxyl groups is 1. The van der Waals surface area contributed by atoms with Crippen LogP contribution in [0.1, 0.15) is 71.6 Å². The molecule has 0 amide bonds. The number of hydrogen-bond acceptors (Lipinski definition) is 1. The molecule has 4 heteroatoms. The molecule has 1 nitrogen and oxygen atoms in total. The van der Waals surface area contributed by atoms with Crippen molar-refractivity contribution < 1.29 is 18.3 Å². The van der Waals surface area contributed by atoms with Crippen LogP contribution in [0.2, 0.25) is 0 Å². The quantitative estimate of drug-likeness (QED) is 0.627. The molecule has 4 aliphatic carbocycles. The number of halogens is 3. The molecule has 0 bridgehead atoms. The lowest BCUT2D eigenvalue weighted by Crippen LogP contribution is -2.51. The molecule has 25 heavy (non-hydrogen) atoms. The lowest BCUT2D eigenvalue weighted by molar-refractivity contribution is -0.233. The number of alkyl halides is 3.